The van der Waals surface area contributed by atoms with Gasteiger partial charge in [-0.05, 0) is 105 Å². The highest BCUT2D eigenvalue weighted by Gasteiger charge is 2.51. The second kappa shape index (κ2) is 17.3. The summed E-state index contributed by atoms with van der Waals surface area (Å²) in [7, 11) is 0. The molecule has 0 bridgehead atoms. The van der Waals surface area contributed by atoms with Crippen LogP contribution in [0.15, 0.2) is 60.7 Å². The van der Waals surface area contributed by atoms with Crippen molar-refractivity contribution in [3.63, 3.8) is 0 Å². The highest BCUT2D eigenvalue weighted by Crippen LogP contribution is 2.41. The zero-order chi connectivity index (χ0) is 42.8. The van der Waals surface area contributed by atoms with E-state index in [1.165, 1.54) is 6.07 Å². The van der Waals surface area contributed by atoms with Crippen LogP contribution in [0.25, 0.3) is 0 Å². The highest BCUT2D eigenvalue weighted by molar-refractivity contribution is 7.81. The lowest BCUT2D eigenvalue weighted by Crippen LogP contribution is -2.54. The van der Waals surface area contributed by atoms with Crippen molar-refractivity contribution < 1.29 is 37.1 Å². The van der Waals surface area contributed by atoms with Gasteiger partial charge in [-0.25, -0.2) is 0 Å². The molecule has 3 fully saturated rings. The number of amides is 4. The molecule has 3 aliphatic heterocycles. The number of rotatable bonds is 12. The molecule has 2 unspecified atom stereocenters. The van der Waals surface area contributed by atoms with Crippen molar-refractivity contribution in [1.29, 1.82) is 5.26 Å². The topological polar surface area (TPSA) is 150 Å². The van der Waals surface area contributed by atoms with E-state index in [1.54, 1.807) is 55.1 Å². The number of nitriles is 1. The Morgan fingerprint density at radius 3 is 2.46 bits per heavy atom. The van der Waals surface area contributed by atoms with Crippen molar-refractivity contribution in [2.75, 3.05) is 59.8 Å². The minimum atomic E-state index is -4.80. The van der Waals surface area contributed by atoms with Crippen molar-refractivity contribution in [2.24, 2.45) is 0 Å². The first-order valence-corrected chi connectivity index (χ1v) is 19.8. The Balaban J connectivity index is 1.03. The van der Waals surface area contributed by atoms with E-state index in [4.69, 9.17) is 17.0 Å². The van der Waals surface area contributed by atoms with E-state index in [0.717, 1.165) is 35.7 Å². The number of halogens is 3. The fraction of sp³-hybridized carbons (Fsp3) is 0.429. The minimum absolute atomic E-state index is 0.0143. The predicted molar refractivity (Wildman–Crippen MR) is 221 cm³/mol. The summed E-state index contributed by atoms with van der Waals surface area (Å²) in [5.41, 5.74) is -0.293. The molecule has 3 heterocycles. The molecule has 3 N–H and O–H groups in total. The Morgan fingerprint density at radius 2 is 1.78 bits per heavy atom. The molecule has 13 nitrogen and oxygen atoms in total. The molecule has 0 saturated carbocycles. The van der Waals surface area contributed by atoms with Gasteiger partial charge in [0, 0.05) is 55.7 Å². The molecule has 3 aliphatic rings. The summed E-state index contributed by atoms with van der Waals surface area (Å²) in [4.78, 5) is 57.6. The number of hydrogen-bond acceptors (Lipinski definition) is 10. The fourth-order valence-electron chi connectivity index (χ4n) is 7.61. The standard InChI is InChI=1S/C42H47F3N8O5S/c1-25(2)32-20-31(53-40(59)52(39(57)41(53,4)5)30-10-9-27(22-46)33(21-30)42(43,44)45)11-13-35(32)58-18-17-50-15-16-51(26(3)23-50)24-37(55)48-29-8-6-7-28(19-29)47-34-12-14-36(54)49-38(34)56/h6-11,13,19-21,25-26,34,47H,12,14-18,23-24H2,1-5H3,(H,48,55)(H,49,54,56). The molecule has 0 aromatic heterocycles. The van der Waals surface area contributed by atoms with Gasteiger partial charge in [0.1, 0.15) is 23.9 Å². The maximum Gasteiger partial charge on any atom is 0.417 e. The second-order valence-corrected chi connectivity index (χ2v) is 16.1. The maximum absolute atomic E-state index is 13.8. The molecule has 0 aliphatic carbocycles. The number of piperazine rings is 1. The number of thiocarbonyl (C=S) groups is 1. The number of ether oxygens (including phenoxy) is 1. The van der Waals surface area contributed by atoms with Crippen LogP contribution in [0, 0.1) is 11.3 Å². The van der Waals surface area contributed by atoms with E-state index < -0.39 is 34.8 Å². The minimum Gasteiger partial charge on any atom is -0.492 e. The van der Waals surface area contributed by atoms with Crippen molar-refractivity contribution in [2.45, 2.75) is 77.2 Å². The Labute approximate surface area is 346 Å². The SMILES string of the molecule is CC(C)c1cc(N2C(=S)N(c3ccc(C#N)c(C(F)(F)F)c3)C(=O)C2(C)C)ccc1OCCN1CCN(CC(=O)Nc2cccc(NC3CCC(=O)NC3=O)c2)C(C)C1. The van der Waals surface area contributed by atoms with Gasteiger partial charge in [-0.3, -0.25) is 39.2 Å². The van der Waals surface area contributed by atoms with E-state index in [1.807, 2.05) is 26.0 Å². The molecule has 6 rings (SSSR count). The van der Waals surface area contributed by atoms with Crippen molar-refractivity contribution >= 4 is 63.7 Å². The van der Waals surface area contributed by atoms with E-state index in [-0.39, 0.29) is 53.4 Å². The lowest BCUT2D eigenvalue weighted by Gasteiger charge is -2.39. The van der Waals surface area contributed by atoms with Crippen LogP contribution in [-0.4, -0.2) is 95.5 Å². The second-order valence-electron chi connectivity index (χ2n) is 15.8. The summed E-state index contributed by atoms with van der Waals surface area (Å²) in [6.45, 7) is 12.8. The molecule has 2 atom stereocenters. The third-order valence-corrected chi connectivity index (χ3v) is 11.2. The maximum atomic E-state index is 13.8. The number of benzene rings is 3. The van der Waals surface area contributed by atoms with Gasteiger partial charge in [0.25, 0.3) is 5.91 Å². The summed E-state index contributed by atoms with van der Waals surface area (Å²) < 4.78 is 47.7. The van der Waals surface area contributed by atoms with Crippen LogP contribution in [0.2, 0.25) is 0 Å². The molecule has 3 aromatic carbocycles. The van der Waals surface area contributed by atoms with Gasteiger partial charge in [0.2, 0.25) is 17.7 Å². The van der Waals surface area contributed by atoms with Crippen LogP contribution in [0.1, 0.15) is 70.1 Å². The first kappa shape index (κ1) is 43.0. The number of alkyl halides is 3. The number of anilines is 4. The van der Waals surface area contributed by atoms with Crippen molar-refractivity contribution in [1.82, 2.24) is 15.1 Å². The van der Waals surface area contributed by atoms with Crippen LogP contribution in [0.4, 0.5) is 35.9 Å². The Kier molecular flexibility index (Phi) is 12.6. The number of nitrogens with one attached hydrogen (secondary N) is 3. The van der Waals surface area contributed by atoms with E-state index in [9.17, 15) is 37.6 Å². The molecule has 0 spiro atoms. The Morgan fingerprint density at radius 1 is 1.05 bits per heavy atom. The van der Waals surface area contributed by atoms with Gasteiger partial charge in [0.05, 0.1) is 29.4 Å². The first-order chi connectivity index (χ1) is 27.9. The van der Waals surface area contributed by atoms with E-state index in [2.05, 4.69) is 32.7 Å². The molecule has 17 heteroatoms. The molecular weight excluding hydrogens is 786 g/mol. The smallest absolute Gasteiger partial charge is 0.417 e. The van der Waals surface area contributed by atoms with Gasteiger partial charge >= 0.3 is 6.18 Å². The van der Waals surface area contributed by atoms with Crippen LogP contribution in [0.5, 0.6) is 5.75 Å². The molecule has 59 heavy (non-hydrogen) atoms. The number of imide groups is 1. The number of piperidine rings is 1. The highest BCUT2D eigenvalue weighted by atomic mass is 32.1. The zero-order valence-corrected chi connectivity index (χ0v) is 34.3. The van der Waals surface area contributed by atoms with Crippen LogP contribution in [0.3, 0.4) is 0 Å². The van der Waals surface area contributed by atoms with Crippen LogP contribution >= 0.6 is 12.2 Å². The summed E-state index contributed by atoms with van der Waals surface area (Å²) in [6.07, 6.45) is -4.14. The summed E-state index contributed by atoms with van der Waals surface area (Å²) in [5.74, 6) is -0.636. The Bertz CT molecular complexity index is 2190. The van der Waals surface area contributed by atoms with Gasteiger partial charge in [0.15, 0.2) is 5.11 Å². The number of nitrogens with zero attached hydrogens (tertiary/aromatic N) is 5. The van der Waals surface area contributed by atoms with Gasteiger partial charge in [-0.15, -0.1) is 0 Å². The van der Waals surface area contributed by atoms with Crippen molar-refractivity contribution in [3.8, 4) is 11.8 Å². The third-order valence-electron chi connectivity index (χ3n) is 10.8. The average Bonchev–Trinajstić information content (AvgIpc) is 3.35. The molecule has 3 saturated heterocycles. The largest absolute Gasteiger partial charge is 0.492 e. The van der Waals surface area contributed by atoms with Gasteiger partial charge in [-0.1, -0.05) is 19.9 Å². The molecular formula is C42H47F3N8O5S. The lowest BCUT2D eigenvalue weighted by atomic mass is 9.98. The van der Waals surface area contributed by atoms with Gasteiger partial charge < -0.3 is 20.3 Å². The monoisotopic (exact) mass is 832 g/mol. The normalized spacial score (nSPS) is 20.1. The number of hydrogen-bond donors (Lipinski definition) is 3. The molecule has 0 radical (unpaired) electrons. The summed E-state index contributed by atoms with van der Waals surface area (Å²) in [6, 6.07) is 16.9. The lowest BCUT2D eigenvalue weighted by molar-refractivity contribution is -0.138. The Hall–Kier alpha value is -5.57. The van der Waals surface area contributed by atoms with Crippen LogP contribution < -0.4 is 30.5 Å². The van der Waals surface area contributed by atoms with Gasteiger partial charge in [-0.2, -0.15) is 18.4 Å². The quantitative estimate of drug-likeness (QED) is 0.149. The van der Waals surface area contributed by atoms with E-state index in [0.29, 0.717) is 48.9 Å². The summed E-state index contributed by atoms with van der Waals surface area (Å²) in [5, 5.41) is 17.7. The van der Waals surface area contributed by atoms with Crippen LogP contribution in [-0.2, 0) is 25.4 Å². The predicted octanol–water partition coefficient (Wildman–Crippen LogP) is 5.86. The van der Waals surface area contributed by atoms with Crippen molar-refractivity contribution in [3.05, 3.63) is 77.4 Å². The summed E-state index contributed by atoms with van der Waals surface area (Å²) >= 11 is 5.74. The molecule has 4 amide bonds. The molecule has 3 aromatic rings. The average molecular weight is 833 g/mol. The number of carbonyl (C=O) groups excluding carboxylic acids is 4. The molecule has 312 valence electrons. The first-order valence-electron chi connectivity index (χ1n) is 19.4. The van der Waals surface area contributed by atoms with E-state index >= 15 is 0 Å². The fourth-order valence-corrected chi connectivity index (χ4v) is 8.14. The third kappa shape index (κ3) is 9.51. The zero-order valence-electron chi connectivity index (χ0n) is 33.5. The number of carbonyl (C=O) groups is 4.